The molecule has 0 saturated heterocycles. The lowest BCUT2D eigenvalue weighted by molar-refractivity contribution is -0.150. The van der Waals surface area contributed by atoms with Crippen molar-refractivity contribution in [2.45, 2.75) is 46.2 Å². The van der Waals surface area contributed by atoms with E-state index in [2.05, 4.69) is 31.2 Å². The molecule has 1 aromatic heterocycles. The van der Waals surface area contributed by atoms with Gasteiger partial charge in [0.05, 0.1) is 11.6 Å². The third-order valence-corrected chi connectivity index (χ3v) is 5.05. The highest BCUT2D eigenvalue weighted by Gasteiger charge is 2.45. The van der Waals surface area contributed by atoms with Crippen LogP contribution in [0.3, 0.4) is 0 Å². The van der Waals surface area contributed by atoms with Crippen LogP contribution < -0.4 is 5.32 Å². The molecule has 5 heteroatoms. The van der Waals surface area contributed by atoms with E-state index in [4.69, 9.17) is 0 Å². The molecule has 1 fully saturated rings. The van der Waals surface area contributed by atoms with Crippen LogP contribution in [0.5, 0.6) is 0 Å². The normalized spacial score (nSPS) is 29.3. The fraction of sp³-hybridized carbons (Fsp3) is 0.733. The van der Waals surface area contributed by atoms with Gasteiger partial charge in [0.2, 0.25) is 0 Å². The number of nitrogens with one attached hydrogen (secondary N) is 1. The van der Waals surface area contributed by atoms with Gasteiger partial charge in [0, 0.05) is 25.8 Å². The van der Waals surface area contributed by atoms with Gasteiger partial charge in [0.1, 0.15) is 0 Å². The predicted octanol–water partition coefficient (Wildman–Crippen LogP) is 2.04. The number of rotatable bonds is 4. The van der Waals surface area contributed by atoms with Gasteiger partial charge in [-0.25, -0.2) is 0 Å². The average molecular weight is 279 g/mol. The molecule has 1 heterocycles. The van der Waals surface area contributed by atoms with Crippen LogP contribution in [0.1, 0.15) is 39.3 Å². The minimum atomic E-state index is -0.662. The molecule has 1 aromatic rings. The first-order chi connectivity index (χ1) is 9.32. The zero-order valence-corrected chi connectivity index (χ0v) is 12.8. The molecule has 0 aliphatic heterocycles. The van der Waals surface area contributed by atoms with Gasteiger partial charge in [-0.3, -0.25) is 9.48 Å². The van der Waals surface area contributed by atoms with Gasteiger partial charge in [-0.15, -0.1) is 0 Å². The zero-order chi connectivity index (χ0) is 14.9. The van der Waals surface area contributed by atoms with Crippen LogP contribution in [0.2, 0.25) is 0 Å². The van der Waals surface area contributed by atoms with E-state index in [0.717, 1.165) is 25.1 Å². The molecular weight excluding hydrogens is 254 g/mol. The fourth-order valence-corrected chi connectivity index (χ4v) is 3.32. The van der Waals surface area contributed by atoms with Gasteiger partial charge in [-0.1, -0.05) is 20.8 Å². The number of aryl methyl sites for hydroxylation is 1. The van der Waals surface area contributed by atoms with E-state index < -0.39 is 5.97 Å². The third-order valence-electron chi connectivity index (χ3n) is 5.05. The van der Waals surface area contributed by atoms with Gasteiger partial charge < -0.3 is 10.4 Å². The average Bonchev–Trinajstić information content (AvgIpc) is 2.76. The Balaban J connectivity index is 1.99. The number of carboxylic acid groups (broad SMARTS) is 1. The fourth-order valence-electron chi connectivity index (χ4n) is 3.32. The second kappa shape index (κ2) is 5.56. The highest BCUT2D eigenvalue weighted by molar-refractivity contribution is 5.71. The Morgan fingerprint density at radius 3 is 2.80 bits per heavy atom. The topological polar surface area (TPSA) is 67.2 Å². The summed E-state index contributed by atoms with van der Waals surface area (Å²) in [6.07, 6.45) is 3.59. The van der Waals surface area contributed by atoms with Crippen LogP contribution in [-0.4, -0.2) is 26.9 Å². The second-order valence-electron chi connectivity index (χ2n) is 6.55. The van der Waals surface area contributed by atoms with Crippen molar-refractivity contribution in [3.63, 3.8) is 0 Å². The largest absolute Gasteiger partial charge is 0.481 e. The molecule has 112 valence electrons. The SMILES string of the molecule is CC1C(NCc2ccn(C)n2)CCC(C(=O)O)C1(C)C. The monoisotopic (exact) mass is 279 g/mol. The van der Waals surface area contributed by atoms with Crippen molar-refractivity contribution in [1.29, 1.82) is 0 Å². The first-order valence-corrected chi connectivity index (χ1v) is 7.27. The standard InChI is InChI=1S/C15H25N3O2/c1-10-13(16-9-11-7-8-18(4)17-11)6-5-12(14(19)20)15(10,2)3/h7-8,10,12-13,16H,5-6,9H2,1-4H3,(H,19,20). The van der Waals surface area contributed by atoms with E-state index in [0.29, 0.717) is 12.0 Å². The van der Waals surface area contributed by atoms with Crippen molar-refractivity contribution in [1.82, 2.24) is 15.1 Å². The number of aliphatic carboxylic acids is 1. The lowest BCUT2D eigenvalue weighted by Crippen LogP contribution is -2.50. The number of carboxylic acids is 1. The van der Waals surface area contributed by atoms with Crippen LogP contribution in [0.15, 0.2) is 12.3 Å². The summed E-state index contributed by atoms with van der Waals surface area (Å²) >= 11 is 0. The number of hydrogen-bond donors (Lipinski definition) is 2. The Hall–Kier alpha value is -1.36. The minimum absolute atomic E-state index is 0.189. The van der Waals surface area contributed by atoms with Gasteiger partial charge in [0.15, 0.2) is 0 Å². The Labute approximate surface area is 120 Å². The van der Waals surface area contributed by atoms with Crippen LogP contribution in [0.25, 0.3) is 0 Å². The lowest BCUT2D eigenvalue weighted by Gasteiger charge is -2.46. The molecule has 3 unspecified atom stereocenters. The molecule has 2 N–H and O–H groups in total. The van der Waals surface area contributed by atoms with Crippen LogP contribution in [-0.2, 0) is 18.4 Å². The molecular formula is C15H25N3O2. The summed E-state index contributed by atoms with van der Waals surface area (Å²) in [5, 5.41) is 17.3. The molecule has 2 rings (SSSR count). The van der Waals surface area contributed by atoms with Crippen LogP contribution in [0, 0.1) is 17.3 Å². The molecule has 5 nitrogen and oxygen atoms in total. The lowest BCUT2D eigenvalue weighted by atomic mass is 9.61. The Bertz CT molecular complexity index is 481. The van der Waals surface area contributed by atoms with Crippen molar-refractivity contribution in [2.24, 2.45) is 24.3 Å². The van der Waals surface area contributed by atoms with Gasteiger partial charge in [-0.2, -0.15) is 5.10 Å². The third kappa shape index (κ3) is 2.87. The maximum Gasteiger partial charge on any atom is 0.307 e. The Morgan fingerprint density at radius 2 is 2.25 bits per heavy atom. The van der Waals surface area contributed by atoms with Gasteiger partial charge in [-0.05, 0) is 30.2 Å². The number of hydrogen-bond acceptors (Lipinski definition) is 3. The highest BCUT2D eigenvalue weighted by atomic mass is 16.4. The van der Waals surface area contributed by atoms with E-state index in [1.807, 2.05) is 19.3 Å². The molecule has 0 aromatic carbocycles. The van der Waals surface area contributed by atoms with Crippen molar-refractivity contribution in [3.05, 3.63) is 18.0 Å². The van der Waals surface area contributed by atoms with E-state index in [1.165, 1.54) is 0 Å². The van der Waals surface area contributed by atoms with Crippen molar-refractivity contribution in [2.75, 3.05) is 0 Å². The molecule has 1 saturated carbocycles. The molecule has 0 spiro atoms. The van der Waals surface area contributed by atoms with E-state index in [9.17, 15) is 9.90 Å². The number of carbonyl (C=O) groups is 1. The summed E-state index contributed by atoms with van der Waals surface area (Å²) in [5.74, 6) is -0.587. The molecule has 0 bridgehead atoms. The quantitative estimate of drug-likeness (QED) is 0.885. The maximum atomic E-state index is 11.4. The summed E-state index contributed by atoms with van der Waals surface area (Å²) in [6, 6.07) is 2.36. The van der Waals surface area contributed by atoms with Crippen molar-refractivity contribution in [3.8, 4) is 0 Å². The molecule has 3 atom stereocenters. The summed E-state index contributed by atoms with van der Waals surface area (Å²) < 4.78 is 1.80. The van der Waals surface area contributed by atoms with Gasteiger partial charge in [0.25, 0.3) is 0 Å². The van der Waals surface area contributed by atoms with Gasteiger partial charge >= 0.3 is 5.97 Å². The van der Waals surface area contributed by atoms with E-state index in [1.54, 1.807) is 4.68 Å². The summed E-state index contributed by atoms with van der Waals surface area (Å²) in [4.78, 5) is 11.4. The van der Waals surface area contributed by atoms with Crippen LogP contribution >= 0.6 is 0 Å². The molecule has 1 aliphatic carbocycles. The highest BCUT2D eigenvalue weighted by Crippen LogP contribution is 2.45. The first kappa shape index (κ1) is 15.0. The summed E-state index contributed by atoms with van der Waals surface area (Å²) in [6.45, 7) is 7.05. The number of nitrogens with zero attached hydrogens (tertiary/aromatic N) is 2. The van der Waals surface area contributed by atoms with E-state index in [-0.39, 0.29) is 11.3 Å². The Morgan fingerprint density at radius 1 is 1.55 bits per heavy atom. The summed E-state index contributed by atoms with van der Waals surface area (Å²) in [7, 11) is 1.91. The molecule has 0 radical (unpaired) electrons. The Kier molecular flexibility index (Phi) is 4.18. The van der Waals surface area contributed by atoms with Crippen molar-refractivity contribution < 1.29 is 9.90 Å². The predicted molar refractivity (Wildman–Crippen MR) is 77.1 cm³/mol. The smallest absolute Gasteiger partial charge is 0.307 e. The molecule has 0 amide bonds. The molecule has 1 aliphatic rings. The van der Waals surface area contributed by atoms with E-state index >= 15 is 0 Å². The zero-order valence-electron chi connectivity index (χ0n) is 12.8. The second-order valence-corrected chi connectivity index (χ2v) is 6.55. The molecule has 20 heavy (non-hydrogen) atoms. The first-order valence-electron chi connectivity index (χ1n) is 7.27. The summed E-state index contributed by atoms with van der Waals surface area (Å²) in [5.41, 5.74) is 0.837. The minimum Gasteiger partial charge on any atom is -0.481 e. The van der Waals surface area contributed by atoms with Crippen LogP contribution in [0.4, 0.5) is 0 Å². The maximum absolute atomic E-state index is 11.4. The van der Waals surface area contributed by atoms with Crippen molar-refractivity contribution >= 4 is 5.97 Å². The number of aromatic nitrogens is 2.